The fraction of sp³-hybridized carbons (Fsp3) is 0.318. The Kier molecular flexibility index (Phi) is 9.75. The number of anilines is 1. The fourth-order valence-electron chi connectivity index (χ4n) is 2.82. The fourth-order valence-corrected chi connectivity index (χ4v) is 3.16. The van der Waals surface area contributed by atoms with E-state index in [1.165, 1.54) is 35.2 Å². The third-order valence-electron chi connectivity index (χ3n) is 4.34. The summed E-state index contributed by atoms with van der Waals surface area (Å²) in [7, 11) is 0. The predicted octanol–water partition coefficient (Wildman–Crippen LogP) is 4.52. The Bertz CT molecular complexity index is 923. The minimum absolute atomic E-state index is 0.114. The van der Waals surface area contributed by atoms with E-state index in [1.54, 1.807) is 12.1 Å². The SMILES string of the molecule is CCCN(CC(=O)Nc1cc(Cl)ccc1Cl)C(=O)CCCNC(=O)c1ccc(F)cc1. The molecule has 0 saturated heterocycles. The first kappa shape index (κ1) is 24.6. The van der Waals surface area contributed by atoms with Gasteiger partial charge in [-0.25, -0.2) is 4.39 Å². The van der Waals surface area contributed by atoms with Crippen molar-refractivity contribution in [3.63, 3.8) is 0 Å². The Hall–Kier alpha value is -2.64. The Morgan fingerprint density at radius 3 is 2.45 bits per heavy atom. The Labute approximate surface area is 190 Å². The molecule has 2 N–H and O–H groups in total. The molecule has 0 fully saturated rings. The van der Waals surface area contributed by atoms with E-state index in [4.69, 9.17) is 23.2 Å². The molecule has 3 amide bonds. The molecule has 0 aliphatic rings. The number of benzene rings is 2. The lowest BCUT2D eigenvalue weighted by Gasteiger charge is -2.22. The van der Waals surface area contributed by atoms with Crippen LogP contribution in [0.3, 0.4) is 0 Å². The maximum absolute atomic E-state index is 12.9. The highest BCUT2D eigenvalue weighted by Gasteiger charge is 2.17. The summed E-state index contributed by atoms with van der Waals surface area (Å²) in [5.41, 5.74) is 0.725. The van der Waals surface area contributed by atoms with Crippen LogP contribution in [0, 0.1) is 5.82 Å². The monoisotopic (exact) mass is 467 g/mol. The van der Waals surface area contributed by atoms with Crippen LogP contribution in [-0.2, 0) is 9.59 Å². The summed E-state index contributed by atoms with van der Waals surface area (Å²) in [5, 5.41) is 6.14. The summed E-state index contributed by atoms with van der Waals surface area (Å²) in [5.74, 6) is -1.32. The van der Waals surface area contributed by atoms with Crippen LogP contribution < -0.4 is 10.6 Å². The van der Waals surface area contributed by atoms with Gasteiger partial charge >= 0.3 is 0 Å². The number of hydrogen-bond acceptors (Lipinski definition) is 3. The zero-order valence-corrected chi connectivity index (χ0v) is 18.6. The Morgan fingerprint density at radius 2 is 1.77 bits per heavy atom. The molecule has 0 bridgehead atoms. The standard InChI is InChI=1S/C22H24Cl2FN3O3/c1-2-12-28(14-20(29)27-19-13-16(23)7-10-18(19)24)21(30)4-3-11-26-22(31)15-5-8-17(25)9-6-15/h5-10,13H,2-4,11-12,14H2,1H3,(H,26,31)(H,27,29). The van der Waals surface area contributed by atoms with Gasteiger partial charge in [0, 0.05) is 30.1 Å². The Morgan fingerprint density at radius 1 is 1.06 bits per heavy atom. The zero-order valence-electron chi connectivity index (χ0n) is 17.1. The molecule has 6 nitrogen and oxygen atoms in total. The number of rotatable bonds is 10. The van der Waals surface area contributed by atoms with Crippen molar-refractivity contribution in [2.45, 2.75) is 26.2 Å². The highest BCUT2D eigenvalue weighted by molar-refractivity contribution is 6.35. The topological polar surface area (TPSA) is 78.5 Å². The van der Waals surface area contributed by atoms with E-state index < -0.39 is 5.82 Å². The van der Waals surface area contributed by atoms with E-state index in [-0.39, 0.29) is 37.2 Å². The van der Waals surface area contributed by atoms with Crippen molar-refractivity contribution >= 4 is 46.6 Å². The van der Waals surface area contributed by atoms with E-state index in [0.29, 0.717) is 40.7 Å². The third kappa shape index (κ3) is 8.19. The maximum Gasteiger partial charge on any atom is 0.251 e. The maximum atomic E-state index is 12.9. The molecule has 0 aromatic heterocycles. The second-order valence-corrected chi connectivity index (χ2v) is 7.70. The molecule has 0 spiro atoms. The average Bonchev–Trinajstić information content (AvgIpc) is 2.73. The second-order valence-electron chi connectivity index (χ2n) is 6.85. The number of nitrogens with one attached hydrogen (secondary N) is 2. The van der Waals surface area contributed by atoms with E-state index in [9.17, 15) is 18.8 Å². The molecule has 0 radical (unpaired) electrons. The molecule has 0 heterocycles. The van der Waals surface area contributed by atoms with Gasteiger partial charge in [-0.15, -0.1) is 0 Å². The molecule has 0 aliphatic heterocycles. The van der Waals surface area contributed by atoms with Gasteiger partial charge in [-0.3, -0.25) is 14.4 Å². The third-order valence-corrected chi connectivity index (χ3v) is 4.91. The first-order valence-electron chi connectivity index (χ1n) is 9.86. The largest absolute Gasteiger partial charge is 0.352 e. The average molecular weight is 468 g/mol. The van der Waals surface area contributed by atoms with Gasteiger partial charge in [0.05, 0.1) is 17.3 Å². The number of carbonyl (C=O) groups is 3. The van der Waals surface area contributed by atoms with Gasteiger partial charge in [0.1, 0.15) is 5.82 Å². The van der Waals surface area contributed by atoms with Gasteiger partial charge in [0.2, 0.25) is 11.8 Å². The van der Waals surface area contributed by atoms with E-state index in [0.717, 1.165) is 0 Å². The molecular weight excluding hydrogens is 444 g/mol. The van der Waals surface area contributed by atoms with Crippen LogP contribution in [0.2, 0.25) is 10.0 Å². The highest BCUT2D eigenvalue weighted by atomic mass is 35.5. The van der Waals surface area contributed by atoms with Crippen LogP contribution in [0.15, 0.2) is 42.5 Å². The summed E-state index contributed by atoms with van der Waals surface area (Å²) in [6, 6.07) is 9.94. The van der Waals surface area contributed by atoms with E-state index in [2.05, 4.69) is 10.6 Å². The first-order chi connectivity index (χ1) is 14.8. The van der Waals surface area contributed by atoms with E-state index in [1.807, 2.05) is 6.92 Å². The quantitative estimate of drug-likeness (QED) is 0.504. The molecule has 9 heteroatoms. The molecule has 31 heavy (non-hydrogen) atoms. The summed E-state index contributed by atoms with van der Waals surface area (Å²) < 4.78 is 12.9. The minimum Gasteiger partial charge on any atom is -0.352 e. The van der Waals surface area contributed by atoms with Crippen LogP contribution in [0.4, 0.5) is 10.1 Å². The molecule has 166 valence electrons. The van der Waals surface area contributed by atoms with Gasteiger partial charge in [-0.05, 0) is 55.3 Å². The van der Waals surface area contributed by atoms with Gasteiger partial charge in [0.25, 0.3) is 5.91 Å². The summed E-state index contributed by atoms with van der Waals surface area (Å²) in [4.78, 5) is 38.4. The smallest absolute Gasteiger partial charge is 0.251 e. The lowest BCUT2D eigenvalue weighted by atomic mass is 10.2. The van der Waals surface area contributed by atoms with Crippen molar-refractivity contribution in [3.05, 3.63) is 63.9 Å². The lowest BCUT2D eigenvalue weighted by molar-refractivity contribution is -0.134. The van der Waals surface area contributed by atoms with Crippen LogP contribution >= 0.6 is 23.2 Å². The Balaban J connectivity index is 1.81. The normalized spacial score (nSPS) is 10.5. The minimum atomic E-state index is -0.417. The molecular formula is C22H24Cl2FN3O3. The molecule has 0 unspecified atom stereocenters. The zero-order chi connectivity index (χ0) is 22.8. The number of halogens is 3. The van der Waals surface area contributed by atoms with Crippen LogP contribution in [-0.4, -0.2) is 42.3 Å². The molecule has 2 aromatic rings. The van der Waals surface area contributed by atoms with Crippen LogP contribution in [0.5, 0.6) is 0 Å². The molecule has 0 saturated carbocycles. The highest BCUT2D eigenvalue weighted by Crippen LogP contribution is 2.25. The summed E-state index contributed by atoms with van der Waals surface area (Å²) in [6.07, 6.45) is 1.28. The van der Waals surface area contributed by atoms with Crippen molar-refractivity contribution in [2.24, 2.45) is 0 Å². The molecule has 2 aromatic carbocycles. The van der Waals surface area contributed by atoms with Gasteiger partial charge in [0.15, 0.2) is 0 Å². The number of nitrogens with zero attached hydrogens (tertiary/aromatic N) is 1. The van der Waals surface area contributed by atoms with Crippen molar-refractivity contribution in [3.8, 4) is 0 Å². The number of hydrogen-bond donors (Lipinski definition) is 2. The van der Waals surface area contributed by atoms with E-state index >= 15 is 0 Å². The second kappa shape index (κ2) is 12.3. The van der Waals surface area contributed by atoms with Crippen LogP contribution in [0.1, 0.15) is 36.5 Å². The van der Waals surface area contributed by atoms with Crippen molar-refractivity contribution < 1.29 is 18.8 Å². The first-order valence-corrected chi connectivity index (χ1v) is 10.6. The van der Waals surface area contributed by atoms with Crippen molar-refractivity contribution in [1.82, 2.24) is 10.2 Å². The molecule has 0 atom stereocenters. The van der Waals surface area contributed by atoms with Gasteiger partial charge in [-0.2, -0.15) is 0 Å². The van der Waals surface area contributed by atoms with Gasteiger partial charge in [-0.1, -0.05) is 30.1 Å². The summed E-state index contributed by atoms with van der Waals surface area (Å²) >= 11 is 12.0. The number of amides is 3. The number of carbonyl (C=O) groups excluding carboxylic acids is 3. The molecule has 0 aliphatic carbocycles. The van der Waals surface area contributed by atoms with Gasteiger partial charge < -0.3 is 15.5 Å². The van der Waals surface area contributed by atoms with Crippen molar-refractivity contribution in [1.29, 1.82) is 0 Å². The summed E-state index contributed by atoms with van der Waals surface area (Å²) in [6.45, 7) is 2.51. The lowest BCUT2D eigenvalue weighted by Crippen LogP contribution is -2.38. The van der Waals surface area contributed by atoms with Crippen molar-refractivity contribution in [2.75, 3.05) is 25.0 Å². The van der Waals surface area contributed by atoms with Crippen LogP contribution in [0.25, 0.3) is 0 Å². The molecule has 2 rings (SSSR count). The predicted molar refractivity (Wildman–Crippen MR) is 120 cm³/mol.